The van der Waals surface area contributed by atoms with Gasteiger partial charge in [-0.1, -0.05) is 19.1 Å². The number of methoxy groups -OCH3 is 1. The number of nitrogens with one attached hydrogen (secondary N) is 1. The molecule has 1 amide bonds. The number of rotatable bonds is 5. The Labute approximate surface area is 179 Å². The molecule has 0 bridgehead atoms. The molecule has 0 saturated heterocycles. The van der Waals surface area contributed by atoms with E-state index >= 15 is 0 Å². The first kappa shape index (κ1) is 21.4. The SMILES string of the molecule is CCN1c2ccc(/C=C(\C#N)C(=O)Nc3cccc(OC)c3)cc2C(C)CC1(C)C. The summed E-state index contributed by atoms with van der Waals surface area (Å²) in [6, 6.07) is 15.3. The second-order valence-corrected chi connectivity index (χ2v) is 8.34. The maximum Gasteiger partial charge on any atom is 0.266 e. The molecule has 0 aromatic heterocycles. The molecule has 30 heavy (non-hydrogen) atoms. The largest absolute Gasteiger partial charge is 0.497 e. The van der Waals surface area contributed by atoms with Gasteiger partial charge < -0.3 is 15.0 Å². The van der Waals surface area contributed by atoms with Crippen LogP contribution in [0.2, 0.25) is 0 Å². The molecular weight excluding hydrogens is 374 g/mol. The zero-order valence-electron chi connectivity index (χ0n) is 18.3. The van der Waals surface area contributed by atoms with E-state index < -0.39 is 5.91 Å². The zero-order chi connectivity index (χ0) is 21.9. The van der Waals surface area contributed by atoms with E-state index in [4.69, 9.17) is 4.74 Å². The molecule has 0 aliphatic carbocycles. The number of hydrogen-bond acceptors (Lipinski definition) is 4. The summed E-state index contributed by atoms with van der Waals surface area (Å²) in [6.07, 6.45) is 2.71. The van der Waals surface area contributed by atoms with Gasteiger partial charge in [0.1, 0.15) is 17.4 Å². The average molecular weight is 404 g/mol. The molecule has 1 heterocycles. The van der Waals surface area contributed by atoms with E-state index in [2.05, 4.69) is 50.0 Å². The quantitative estimate of drug-likeness (QED) is 0.540. The molecule has 5 nitrogen and oxygen atoms in total. The molecule has 2 aromatic rings. The van der Waals surface area contributed by atoms with E-state index in [-0.39, 0.29) is 11.1 Å². The summed E-state index contributed by atoms with van der Waals surface area (Å²) in [5.41, 5.74) is 4.10. The van der Waals surface area contributed by atoms with Crippen molar-refractivity contribution >= 4 is 23.4 Å². The Hall–Kier alpha value is -3.26. The number of nitrogens with zero attached hydrogens (tertiary/aromatic N) is 2. The number of ether oxygens (including phenoxy) is 1. The van der Waals surface area contributed by atoms with Crippen LogP contribution in [-0.4, -0.2) is 25.1 Å². The van der Waals surface area contributed by atoms with Crippen LogP contribution in [-0.2, 0) is 4.79 Å². The first-order valence-corrected chi connectivity index (χ1v) is 10.3. The van der Waals surface area contributed by atoms with Gasteiger partial charge in [-0.25, -0.2) is 0 Å². The fraction of sp³-hybridized carbons (Fsp3) is 0.360. The first-order valence-electron chi connectivity index (χ1n) is 10.3. The van der Waals surface area contributed by atoms with Crippen molar-refractivity contribution in [3.8, 4) is 11.8 Å². The summed E-state index contributed by atoms with van der Waals surface area (Å²) in [6.45, 7) is 9.91. The van der Waals surface area contributed by atoms with E-state index in [0.717, 1.165) is 18.5 Å². The van der Waals surface area contributed by atoms with Crippen molar-refractivity contribution in [3.05, 3.63) is 59.2 Å². The van der Waals surface area contributed by atoms with Crippen LogP contribution in [0.15, 0.2) is 48.0 Å². The molecule has 1 aliphatic heterocycles. The van der Waals surface area contributed by atoms with Gasteiger partial charge in [-0.2, -0.15) is 5.26 Å². The maximum atomic E-state index is 12.6. The molecule has 2 aromatic carbocycles. The summed E-state index contributed by atoms with van der Waals surface area (Å²) in [5, 5.41) is 12.3. The average Bonchev–Trinajstić information content (AvgIpc) is 2.72. The highest BCUT2D eigenvalue weighted by Crippen LogP contribution is 2.43. The number of nitriles is 1. The van der Waals surface area contributed by atoms with Gasteiger partial charge >= 0.3 is 0 Å². The molecule has 1 aliphatic rings. The summed E-state index contributed by atoms with van der Waals surface area (Å²) in [5.74, 6) is 0.609. The van der Waals surface area contributed by atoms with Gasteiger partial charge in [-0.05, 0) is 74.6 Å². The number of amides is 1. The topological polar surface area (TPSA) is 65.4 Å². The van der Waals surface area contributed by atoms with Crippen molar-refractivity contribution in [1.29, 1.82) is 5.26 Å². The molecule has 0 saturated carbocycles. The normalized spacial score (nSPS) is 17.7. The minimum atomic E-state index is -0.437. The highest BCUT2D eigenvalue weighted by molar-refractivity contribution is 6.09. The second-order valence-electron chi connectivity index (χ2n) is 8.34. The standard InChI is InChI=1S/C25H29N3O2/c1-6-28-23-11-10-18(13-22(23)17(2)15-25(28,3)4)12-19(16-26)24(29)27-20-8-7-9-21(14-20)30-5/h7-14,17H,6,15H2,1-5H3,(H,27,29)/b19-12+. The minimum Gasteiger partial charge on any atom is -0.497 e. The molecule has 0 radical (unpaired) electrons. The Balaban J connectivity index is 1.89. The number of carbonyl (C=O) groups is 1. The van der Waals surface area contributed by atoms with Crippen LogP contribution >= 0.6 is 0 Å². The Morgan fingerprint density at radius 2 is 2.10 bits per heavy atom. The van der Waals surface area contributed by atoms with Crippen molar-refractivity contribution in [2.45, 2.75) is 45.6 Å². The van der Waals surface area contributed by atoms with Crippen LogP contribution in [0.1, 0.15) is 51.2 Å². The van der Waals surface area contributed by atoms with Crippen LogP contribution in [0, 0.1) is 11.3 Å². The molecule has 156 valence electrons. The van der Waals surface area contributed by atoms with Crippen molar-refractivity contribution < 1.29 is 9.53 Å². The van der Waals surface area contributed by atoms with Crippen molar-refractivity contribution in [2.24, 2.45) is 0 Å². The lowest BCUT2D eigenvalue weighted by Crippen LogP contribution is -2.48. The zero-order valence-corrected chi connectivity index (χ0v) is 18.3. The molecule has 1 unspecified atom stereocenters. The lowest BCUT2D eigenvalue weighted by molar-refractivity contribution is -0.112. The first-order chi connectivity index (χ1) is 14.3. The van der Waals surface area contributed by atoms with Crippen LogP contribution in [0.5, 0.6) is 5.75 Å². The van der Waals surface area contributed by atoms with Crippen molar-refractivity contribution in [1.82, 2.24) is 0 Å². The predicted octanol–water partition coefficient (Wildman–Crippen LogP) is 5.35. The molecule has 3 rings (SSSR count). The molecular formula is C25H29N3O2. The third kappa shape index (κ3) is 4.33. The number of fused-ring (bicyclic) bond motifs is 1. The van der Waals surface area contributed by atoms with Crippen LogP contribution in [0.4, 0.5) is 11.4 Å². The van der Waals surface area contributed by atoms with Gasteiger partial charge in [-0.15, -0.1) is 0 Å². The summed E-state index contributed by atoms with van der Waals surface area (Å²) in [4.78, 5) is 15.1. The van der Waals surface area contributed by atoms with Gasteiger partial charge in [-0.3, -0.25) is 4.79 Å². The number of carbonyl (C=O) groups excluding carboxylic acids is 1. The number of benzene rings is 2. The van der Waals surface area contributed by atoms with E-state index in [1.165, 1.54) is 11.3 Å². The molecule has 0 fully saturated rings. The van der Waals surface area contributed by atoms with Gasteiger partial charge in [0.05, 0.1) is 7.11 Å². The van der Waals surface area contributed by atoms with Crippen molar-refractivity contribution in [3.63, 3.8) is 0 Å². The van der Waals surface area contributed by atoms with Gasteiger partial charge in [0.2, 0.25) is 0 Å². The number of anilines is 2. The Morgan fingerprint density at radius 1 is 1.33 bits per heavy atom. The fourth-order valence-corrected chi connectivity index (χ4v) is 4.41. The Kier molecular flexibility index (Phi) is 6.17. The van der Waals surface area contributed by atoms with E-state index in [1.54, 1.807) is 37.5 Å². The van der Waals surface area contributed by atoms with Gasteiger partial charge in [0, 0.05) is 29.5 Å². The van der Waals surface area contributed by atoms with E-state index in [0.29, 0.717) is 17.4 Å². The maximum absolute atomic E-state index is 12.6. The van der Waals surface area contributed by atoms with Crippen molar-refractivity contribution in [2.75, 3.05) is 23.9 Å². The van der Waals surface area contributed by atoms with Crippen LogP contribution in [0.3, 0.4) is 0 Å². The molecule has 1 N–H and O–H groups in total. The predicted molar refractivity (Wildman–Crippen MR) is 122 cm³/mol. The Morgan fingerprint density at radius 3 is 2.77 bits per heavy atom. The molecule has 5 heteroatoms. The smallest absolute Gasteiger partial charge is 0.266 e. The third-order valence-electron chi connectivity index (χ3n) is 5.73. The van der Waals surface area contributed by atoms with Gasteiger partial charge in [0.15, 0.2) is 0 Å². The Bertz CT molecular complexity index is 1020. The second kappa shape index (κ2) is 8.62. The number of hydrogen-bond donors (Lipinski definition) is 1. The van der Waals surface area contributed by atoms with E-state index in [1.807, 2.05) is 12.1 Å². The lowest BCUT2D eigenvalue weighted by atomic mass is 9.79. The summed E-state index contributed by atoms with van der Waals surface area (Å²) >= 11 is 0. The van der Waals surface area contributed by atoms with Crippen LogP contribution < -0.4 is 15.0 Å². The third-order valence-corrected chi connectivity index (χ3v) is 5.73. The molecule has 0 spiro atoms. The summed E-state index contributed by atoms with van der Waals surface area (Å²) < 4.78 is 5.18. The minimum absolute atomic E-state index is 0.0638. The fourth-order valence-electron chi connectivity index (χ4n) is 4.41. The van der Waals surface area contributed by atoms with E-state index in [9.17, 15) is 10.1 Å². The summed E-state index contributed by atoms with van der Waals surface area (Å²) in [7, 11) is 1.57. The van der Waals surface area contributed by atoms with Crippen LogP contribution in [0.25, 0.3) is 6.08 Å². The monoisotopic (exact) mass is 403 g/mol. The highest BCUT2D eigenvalue weighted by Gasteiger charge is 2.35. The lowest BCUT2D eigenvalue weighted by Gasteiger charge is -2.47. The molecule has 1 atom stereocenters. The van der Waals surface area contributed by atoms with Gasteiger partial charge in [0.25, 0.3) is 5.91 Å². The highest BCUT2D eigenvalue weighted by atomic mass is 16.5.